The summed E-state index contributed by atoms with van der Waals surface area (Å²) in [4.78, 5) is 6.96. The standard InChI is InChI=1S/C28H27ClN2O3/c29-21-8-9-24-20(16-21)18-33-28(24)10-14-31(15-11-28)13-3-4-19-17-23-25(32)6-1-7-26(23)34-27-22(19)5-2-12-30-27/h1-2,4-9,12,16,32H,3,10-11,13-15,17-18H2. The summed E-state index contributed by atoms with van der Waals surface area (Å²) in [7, 11) is 0. The van der Waals surface area contributed by atoms with E-state index in [0.717, 1.165) is 60.6 Å². The van der Waals surface area contributed by atoms with Gasteiger partial charge in [-0.25, -0.2) is 4.98 Å². The Morgan fingerprint density at radius 2 is 2.00 bits per heavy atom. The van der Waals surface area contributed by atoms with Crippen molar-refractivity contribution in [2.75, 3.05) is 19.6 Å². The number of piperidine rings is 1. The molecule has 1 N–H and O–H groups in total. The summed E-state index contributed by atoms with van der Waals surface area (Å²) in [5, 5.41) is 11.2. The quantitative estimate of drug-likeness (QED) is 0.498. The van der Waals surface area contributed by atoms with Crippen LogP contribution in [0.2, 0.25) is 5.02 Å². The molecule has 0 unspecified atom stereocenters. The first-order valence-electron chi connectivity index (χ1n) is 11.9. The molecule has 1 aromatic heterocycles. The second kappa shape index (κ2) is 8.73. The molecule has 1 saturated heterocycles. The fraction of sp³-hybridized carbons (Fsp3) is 0.321. The van der Waals surface area contributed by atoms with Gasteiger partial charge in [0, 0.05) is 48.4 Å². The van der Waals surface area contributed by atoms with E-state index >= 15 is 0 Å². The second-order valence-corrected chi connectivity index (χ2v) is 9.77. The molecule has 0 bridgehead atoms. The molecular weight excluding hydrogens is 448 g/mol. The third kappa shape index (κ3) is 3.88. The maximum atomic E-state index is 10.4. The molecule has 4 heterocycles. The van der Waals surface area contributed by atoms with Crippen molar-refractivity contribution in [1.82, 2.24) is 9.88 Å². The zero-order valence-electron chi connectivity index (χ0n) is 19.0. The number of hydrogen-bond acceptors (Lipinski definition) is 5. The van der Waals surface area contributed by atoms with E-state index in [1.807, 2.05) is 30.3 Å². The number of allylic oxidation sites excluding steroid dienone is 1. The lowest BCUT2D eigenvalue weighted by Gasteiger charge is -2.39. The van der Waals surface area contributed by atoms with Crippen molar-refractivity contribution in [3.8, 4) is 17.4 Å². The molecule has 2 aromatic carbocycles. The van der Waals surface area contributed by atoms with Crippen molar-refractivity contribution in [3.63, 3.8) is 0 Å². The summed E-state index contributed by atoms with van der Waals surface area (Å²) in [5.74, 6) is 1.52. The molecule has 0 saturated carbocycles. The first kappa shape index (κ1) is 21.7. The number of hydrogen-bond donors (Lipinski definition) is 1. The maximum absolute atomic E-state index is 10.4. The van der Waals surface area contributed by atoms with Crippen LogP contribution in [0.4, 0.5) is 0 Å². The summed E-state index contributed by atoms with van der Waals surface area (Å²) in [5.41, 5.74) is 5.34. The predicted molar refractivity (Wildman–Crippen MR) is 132 cm³/mol. The van der Waals surface area contributed by atoms with Crippen molar-refractivity contribution in [2.45, 2.75) is 37.9 Å². The zero-order chi connectivity index (χ0) is 23.1. The van der Waals surface area contributed by atoms with Gasteiger partial charge in [-0.3, -0.25) is 0 Å². The number of phenols is 1. The number of pyridine rings is 1. The van der Waals surface area contributed by atoms with Crippen molar-refractivity contribution in [2.24, 2.45) is 0 Å². The summed E-state index contributed by atoms with van der Waals surface area (Å²) in [6, 6.07) is 15.6. The van der Waals surface area contributed by atoms with Gasteiger partial charge >= 0.3 is 0 Å². The Bertz CT molecular complexity index is 1260. The minimum absolute atomic E-state index is 0.153. The molecule has 174 valence electrons. The Hall–Kier alpha value is -2.86. The number of benzene rings is 2. The van der Waals surface area contributed by atoms with Crippen LogP contribution in [0.5, 0.6) is 17.4 Å². The molecular formula is C28H27ClN2O3. The fourth-order valence-corrected chi connectivity index (χ4v) is 5.70. The smallest absolute Gasteiger partial charge is 0.226 e. The number of fused-ring (bicyclic) bond motifs is 4. The number of rotatable bonds is 3. The highest BCUT2D eigenvalue weighted by atomic mass is 35.5. The number of aromatic nitrogens is 1. The Balaban J connectivity index is 1.15. The van der Waals surface area contributed by atoms with Gasteiger partial charge in [0.15, 0.2) is 0 Å². The lowest BCUT2D eigenvalue weighted by molar-refractivity contribution is -0.0785. The van der Waals surface area contributed by atoms with E-state index in [4.69, 9.17) is 21.1 Å². The number of ether oxygens (including phenoxy) is 2. The minimum Gasteiger partial charge on any atom is -0.508 e. The highest BCUT2D eigenvalue weighted by Crippen LogP contribution is 2.45. The Morgan fingerprint density at radius 3 is 2.88 bits per heavy atom. The summed E-state index contributed by atoms with van der Waals surface area (Å²) in [6.07, 6.45) is 7.56. The third-order valence-corrected chi connectivity index (χ3v) is 7.60. The highest BCUT2D eigenvalue weighted by molar-refractivity contribution is 6.30. The maximum Gasteiger partial charge on any atom is 0.226 e. The van der Waals surface area contributed by atoms with Crippen LogP contribution < -0.4 is 4.74 Å². The molecule has 1 fully saturated rings. The van der Waals surface area contributed by atoms with Crippen molar-refractivity contribution < 1.29 is 14.6 Å². The molecule has 0 aliphatic carbocycles. The molecule has 3 aromatic rings. The summed E-state index contributed by atoms with van der Waals surface area (Å²) in [6.45, 7) is 3.66. The van der Waals surface area contributed by atoms with Gasteiger partial charge in [-0.15, -0.1) is 0 Å². The molecule has 34 heavy (non-hydrogen) atoms. The molecule has 6 rings (SSSR count). The number of phenolic OH excluding ortho intramolecular Hbond substituents is 1. The lowest BCUT2D eigenvalue weighted by atomic mass is 9.84. The molecule has 3 aliphatic rings. The van der Waals surface area contributed by atoms with Crippen LogP contribution in [0.25, 0.3) is 5.57 Å². The van der Waals surface area contributed by atoms with Crippen LogP contribution in [-0.4, -0.2) is 34.6 Å². The molecule has 0 amide bonds. The van der Waals surface area contributed by atoms with E-state index in [2.05, 4.69) is 22.0 Å². The van der Waals surface area contributed by atoms with Gasteiger partial charge in [0.1, 0.15) is 11.5 Å². The fourth-order valence-electron chi connectivity index (χ4n) is 5.51. The number of nitrogens with zero attached hydrogens (tertiary/aromatic N) is 2. The molecule has 1 spiro atoms. The van der Waals surface area contributed by atoms with Gasteiger partial charge in [-0.2, -0.15) is 0 Å². The van der Waals surface area contributed by atoms with Gasteiger partial charge in [0.25, 0.3) is 0 Å². The lowest BCUT2D eigenvalue weighted by Crippen LogP contribution is -2.42. The first-order chi connectivity index (χ1) is 16.6. The second-order valence-electron chi connectivity index (χ2n) is 9.33. The first-order valence-corrected chi connectivity index (χ1v) is 12.3. The molecule has 0 atom stereocenters. The van der Waals surface area contributed by atoms with E-state index in [0.29, 0.717) is 24.7 Å². The Kier molecular flexibility index (Phi) is 5.56. The Labute approximate surface area is 204 Å². The van der Waals surface area contributed by atoms with E-state index in [1.165, 1.54) is 11.1 Å². The van der Waals surface area contributed by atoms with Crippen molar-refractivity contribution in [3.05, 3.63) is 88.1 Å². The van der Waals surface area contributed by atoms with Crippen LogP contribution in [-0.2, 0) is 23.4 Å². The van der Waals surface area contributed by atoms with Crippen LogP contribution >= 0.6 is 11.6 Å². The van der Waals surface area contributed by atoms with E-state index in [-0.39, 0.29) is 11.4 Å². The van der Waals surface area contributed by atoms with Gasteiger partial charge in [0.2, 0.25) is 5.88 Å². The van der Waals surface area contributed by atoms with Crippen LogP contribution in [0.3, 0.4) is 0 Å². The third-order valence-electron chi connectivity index (χ3n) is 7.36. The van der Waals surface area contributed by atoms with Gasteiger partial charge in [-0.05, 0) is 72.4 Å². The predicted octanol–water partition coefficient (Wildman–Crippen LogP) is 6.08. The van der Waals surface area contributed by atoms with Crippen LogP contribution in [0.1, 0.15) is 41.5 Å². The normalized spacial score (nSPS) is 19.9. The monoisotopic (exact) mass is 474 g/mol. The van der Waals surface area contributed by atoms with Crippen LogP contribution in [0.15, 0.2) is 60.8 Å². The van der Waals surface area contributed by atoms with Crippen molar-refractivity contribution >= 4 is 17.2 Å². The van der Waals surface area contributed by atoms with E-state index < -0.39 is 0 Å². The van der Waals surface area contributed by atoms with E-state index in [1.54, 1.807) is 18.3 Å². The van der Waals surface area contributed by atoms with Gasteiger partial charge in [0.05, 0.1) is 12.2 Å². The molecule has 3 aliphatic heterocycles. The topological polar surface area (TPSA) is 54.8 Å². The van der Waals surface area contributed by atoms with Gasteiger partial charge < -0.3 is 19.5 Å². The highest BCUT2D eigenvalue weighted by Gasteiger charge is 2.42. The summed E-state index contributed by atoms with van der Waals surface area (Å²) >= 11 is 6.18. The molecule has 5 nitrogen and oxygen atoms in total. The summed E-state index contributed by atoms with van der Waals surface area (Å²) < 4.78 is 12.4. The largest absolute Gasteiger partial charge is 0.508 e. The average molecular weight is 475 g/mol. The number of likely N-dealkylation sites (tertiary alicyclic amines) is 1. The number of aromatic hydroxyl groups is 1. The van der Waals surface area contributed by atoms with Crippen molar-refractivity contribution in [1.29, 1.82) is 0 Å². The molecule has 6 heteroatoms. The van der Waals surface area contributed by atoms with Crippen LogP contribution in [0, 0.1) is 0 Å². The van der Waals surface area contributed by atoms with E-state index in [9.17, 15) is 5.11 Å². The minimum atomic E-state index is -0.153. The van der Waals surface area contributed by atoms with Gasteiger partial charge in [-0.1, -0.05) is 29.8 Å². The Morgan fingerprint density at radius 1 is 1.12 bits per heavy atom. The SMILES string of the molecule is Oc1cccc2c1CC(=CCCN1CCC3(CC1)OCc1cc(Cl)ccc13)c1cccnc1O2. The zero-order valence-corrected chi connectivity index (χ0v) is 19.7. The average Bonchev–Trinajstić information content (AvgIpc) is 3.09. The number of halogens is 1. The molecule has 0 radical (unpaired) electrons.